The van der Waals surface area contributed by atoms with Crippen LogP contribution in [0.4, 0.5) is 11.5 Å². The molecule has 0 radical (unpaired) electrons. The van der Waals surface area contributed by atoms with Crippen molar-refractivity contribution in [1.29, 1.82) is 0 Å². The summed E-state index contributed by atoms with van der Waals surface area (Å²) in [5.41, 5.74) is 7.55. The van der Waals surface area contributed by atoms with E-state index in [1.165, 1.54) is 0 Å². The van der Waals surface area contributed by atoms with E-state index in [0.717, 1.165) is 11.5 Å². The Morgan fingerprint density at radius 3 is 2.53 bits per heavy atom. The number of hydrogen-bond donors (Lipinski definition) is 1. The summed E-state index contributed by atoms with van der Waals surface area (Å²) in [6, 6.07) is 0.255. The molecule has 0 amide bonds. The summed E-state index contributed by atoms with van der Waals surface area (Å²) in [7, 11) is 0. The van der Waals surface area contributed by atoms with E-state index in [-0.39, 0.29) is 6.04 Å². The minimum atomic E-state index is 0.255. The van der Waals surface area contributed by atoms with E-state index in [0.29, 0.717) is 11.6 Å². The van der Waals surface area contributed by atoms with Crippen molar-refractivity contribution in [1.82, 2.24) is 9.78 Å². The van der Waals surface area contributed by atoms with Crippen molar-refractivity contribution in [2.45, 2.75) is 40.7 Å². The fraction of sp³-hybridized carbons (Fsp3) is 0.538. The highest BCUT2D eigenvalue weighted by Crippen LogP contribution is 2.25. The van der Waals surface area contributed by atoms with Crippen LogP contribution in [0, 0.1) is 5.92 Å². The Morgan fingerprint density at radius 2 is 2.06 bits per heavy atom. The van der Waals surface area contributed by atoms with Crippen LogP contribution in [0.25, 0.3) is 0 Å². The first-order valence-electron chi connectivity index (χ1n) is 6.01. The summed E-state index contributed by atoms with van der Waals surface area (Å²) in [6.07, 6.45) is 5.67. The largest absolute Gasteiger partial charge is 0.394 e. The van der Waals surface area contributed by atoms with Gasteiger partial charge in [0.05, 0.1) is 11.9 Å². The summed E-state index contributed by atoms with van der Waals surface area (Å²) >= 11 is 0. The summed E-state index contributed by atoms with van der Waals surface area (Å²) in [4.78, 5) is 4.63. The van der Waals surface area contributed by atoms with Gasteiger partial charge in [-0.25, -0.2) is 9.67 Å². The standard InChI is InChI=1S/C13H22N4/c1-6-7-12(9(2)3)16-13-11(14)8-15-17(13)10(4)5/h6-10H,14H2,1-5H3/b7-6-,16-12+. The maximum atomic E-state index is 5.91. The van der Waals surface area contributed by atoms with Gasteiger partial charge in [-0.1, -0.05) is 19.9 Å². The van der Waals surface area contributed by atoms with Crippen molar-refractivity contribution in [3.63, 3.8) is 0 Å². The highest BCUT2D eigenvalue weighted by Gasteiger charge is 2.11. The molecule has 1 aromatic heterocycles. The molecule has 94 valence electrons. The molecule has 0 bridgehead atoms. The predicted octanol–water partition coefficient (Wildman–Crippen LogP) is 3.35. The molecule has 0 unspecified atom stereocenters. The molecule has 0 atom stereocenters. The third-order valence-electron chi connectivity index (χ3n) is 2.45. The van der Waals surface area contributed by atoms with E-state index in [1.54, 1.807) is 6.20 Å². The van der Waals surface area contributed by atoms with Crippen LogP contribution in [0.5, 0.6) is 0 Å². The van der Waals surface area contributed by atoms with Gasteiger partial charge in [0.2, 0.25) is 0 Å². The van der Waals surface area contributed by atoms with Crippen molar-refractivity contribution in [3.05, 3.63) is 18.3 Å². The molecule has 1 rings (SSSR count). The van der Waals surface area contributed by atoms with E-state index in [2.05, 4.69) is 37.8 Å². The monoisotopic (exact) mass is 234 g/mol. The number of nitrogen functional groups attached to an aromatic ring is 1. The summed E-state index contributed by atoms with van der Waals surface area (Å²) in [6.45, 7) is 10.4. The van der Waals surface area contributed by atoms with Crippen molar-refractivity contribution >= 4 is 17.2 Å². The van der Waals surface area contributed by atoms with E-state index in [1.807, 2.05) is 23.8 Å². The topological polar surface area (TPSA) is 56.2 Å². The Balaban J connectivity index is 3.23. The van der Waals surface area contributed by atoms with E-state index in [9.17, 15) is 0 Å². The van der Waals surface area contributed by atoms with Crippen molar-refractivity contribution in [2.75, 3.05) is 5.73 Å². The zero-order chi connectivity index (χ0) is 13.0. The molecule has 17 heavy (non-hydrogen) atoms. The van der Waals surface area contributed by atoms with Crippen molar-refractivity contribution in [2.24, 2.45) is 10.9 Å². The fourth-order valence-corrected chi connectivity index (χ4v) is 1.51. The predicted molar refractivity (Wildman–Crippen MR) is 73.8 cm³/mol. The van der Waals surface area contributed by atoms with E-state index < -0.39 is 0 Å². The fourth-order valence-electron chi connectivity index (χ4n) is 1.51. The number of rotatable bonds is 4. The third-order valence-corrected chi connectivity index (χ3v) is 2.45. The van der Waals surface area contributed by atoms with Crippen LogP contribution in [0.3, 0.4) is 0 Å². The van der Waals surface area contributed by atoms with Gasteiger partial charge in [-0.3, -0.25) is 0 Å². The number of nitrogens with two attached hydrogens (primary N) is 1. The number of allylic oxidation sites excluding steroid dienone is 2. The summed E-state index contributed by atoms with van der Waals surface area (Å²) in [5, 5.41) is 4.25. The molecule has 0 saturated carbocycles. The molecule has 4 nitrogen and oxygen atoms in total. The first-order valence-corrected chi connectivity index (χ1v) is 6.01. The molecule has 4 heteroatoms. The molecule has 1 aromatic rings. The lowest BCUT2D eigenvalue weighted by Gasteiger charge is -2.10. The summed E-state index contributed by atoms with van der Waals surface area (Å²) in [5.74, 6) is 1.11. The molecule has 0 aliphatic rings. The number of aliphatic imine (C=N–C) groups is 1. The minimum absolute atomic E-state index is 0.255. The smallest absolute Gasteiger partial charge is 0.174 e. The van der Waals surface area contributed by atoms with Gasteiger partial charge in [0.15, 0.2) is 5.82 Å². The lowest BCUT2D eigenvalue weighted by molar-refractivity contribution is 0.537. The molecule has 2 N–H and O–H groups in total. The van der Waals surface area contributed by atoms with Gasteiger partial charge in [0, 0.05) is 11.8 Å². The average molecular weight is 234 g/mol. The minimum Gasteiger partial charge on any atom is -0.394 e. The maximum Gasteiger partial charge on any atom is 0.174 e. The van der Waals surface area contributed by atoms with E-state index in [4.69, 9.17) is 5.73 Å². The van der Waals surface area contributed by atoms with Gasteiger partial charge in [-0.15, -0.1) is 0 Å². The highest BCUT2D eigenvalue weighted by molar-refractivity contribution is 5.98. The van der Waals surface area contributed by atoms with Gasteiger partial charge in [-0.05, 0) is 32.8 Å². The number of nitrogens with zero attached hydrogens (tertiary/aromatic N) is 3. The highest BCUT2D eigenvalue weighted by atomic mass is 15.3. The van der Waals surface area contributed by atoms with Crippen LogP contribution in [0.1, 0.15) is 40.7 Å². The van der Waals surface area contributed by atoms with Gasteiger partial charge in [0.25, 0.3) is 0 Å². The lowest BCUT2D eigenvalue weighted by Crippen LogP contribution is -2.07. The second-order valence-electron chi connectivity index (χ2n) is 4.65. The first kappa shape index (κ1) is 13.5. The van der Waals surface area contributed by atoms with Crippen LogP contribution >= 0.6 is 0 Å². The third kappa shape index (κ3) is 3.19. The first-order chi connectivity index (χ1) is 7.97. The quantitative estimate of drug-likeness (QED) is 0.812. The van der Waals surface area contributed by atoms with E-state index >= 15 is 0 Å². The Hall–Kier alpha value is -1.58. The van der Waals surface area contributed by atoms with Gasteiger partial charge < -0.3 is 5.73 Å². The Labute approximate surface area is 103 Å². The molecule has 1 heterocycles. The van der Waals surface area contributed by atoms with Crippen LogP contribution in [0.15, 0.2) is 23.3 Å². The number of anilines is 1. The second kappa shape index (κ2) is 5.66. The number of hydrogen-bond acceptors (Lipinski definition) is 3. The second-order valence-corrected chi connectivity index (χ2v) is 4.65. The van der Waals surface area contributed by atoms with Crippen LogP contribution in [-0.2, 0) is 0 Å². The van der Waals surface area contributed by atoms with Crippen molar-refractivity contribution < 1.29 is 0 Å². The molecular weight excluding hydrogens is 212 g/mol. The van der Waals surface area contributed by atoms with Gasteiger partial charge >= 0.3 is 0 Å². The molecule has 0 aromatic carbocycles. The lowest BCUT2D eigenvalue weighted by atomic mass is 10.1. The molecule has 0 spiro atoms. The maximum absolute atomic E-state index is 5.91. The van der Waals surface area contributed by atoms with Crippen molar-refractivity contribution in [3.8, 4) is 0 Å². The molecule has 0 aliphatic carbocycles. The molecule has 0 fully saturated rings. The molecular formula is C13H22N4. The molecule has 0 saturated heterocycles. The van der Waals surface area contributed by atoms with Crippen LogP contribution in [0.2, 0.25) is 0 Å². The Kier molecular flexibility index (Phi) is 4.49. The summed E-state index contributed by atoms with van der Waals surface area (Å²) < 4.78 is 1.85. The average Bonchev–Trinajstić information content (AvgIpc) is 2.59. The Morgan fingerprint density at radius 1 is 1.41 bits per heavy atom. The van der Waals surface area contributed by atoms with Crippen LogP contribution < -0.4 is 5.73 Å². The zero-order valence-electron chi connectivity index (χ0n) is 11.3. The van der Waals surface area contributed by atoms with Gasteiger partial charge in [0.1, 0.15) is 0 Å². The van der Waals surface area contributed by atoms with Crippen LogP contribution in [-0.4, -0.2) is 15.5 Å². The zero-order valence-corrected chi connectivity index (χ0v) is 11.3. The number of aromatic nitrogens is 2. The Bertz CT molecular complexity index is 425. The normalized spacial score (nSPS) is 13.2. The van der Waals surface area contributed by atoms with Gasteiger partial charge in [-0.2, -0.15) is 5.10 Å². The molecule has 0 aliphatic heterocycles. The SMILES string of the molecule is C/C=C\C(=N/c1c(N)cnn1C(C)C)C(C)C.